The minimum atomic E-state index is -0.976. The number of nitrogens with two attached hydrogens (primary N) is 1. The van der Waals surface area contributed by atoms with E-state index in [4.69, 9.17) is 5.73 Å². The number of rotatable bonds is 3. The number of piperidine rings is 1. The van der Waals surface area contributed by atoms with Gasteiger partial charge < -0.3 is 21.3 Å². The first kappa shape index (κ1) is 21.8. The van der Waals surface area contributed by atoms with Crippen LogP contribution in [0, 0.1) is 6.92 Å². The Morgan fingerprint density at radius 2 is 1.40 bits per heavy atom. The van der Waals surface area contributed by atoms with E-state index in [2.05, 4.69) is 31.4 Å². The average molecular weight is 409 g/mol. The van der Waals surface area contributed by atoms with Gasteiger partial charge in [-0.2, -0.15) is 0 Å². The number of carbonyl (C=O) groups is 2. The third-order valence-electron chi connectivity index (χ3n) is 5.71. The Kier molecular flexibility index (Phi) is 6.17. The number of nitrogens with zero attached hydrogens (tertiary/aromatic N) is 1. The van der Waals surface area contributed by atoms with E-state index in [0.717, 1.165) is 16.9 Å². The van der Waals surface area contributed by atoms with Crippen LogP contribution in [0.25, 0.3) is 0 Å². The summed E-state index contributed by atoms with van der Waals surface area (Å²) in [6.07, 6.45) is 0.835. The van der Waals surface area contributed by atoms with Crippen LogP contribution in [0.1, 0.15) is 44.7 Å². The second-order valence-corrected chi connectivity index (χ2v) is 9.22. The van der Waals surface area contributed by atoms with Gasteiger partial charge in [0.05, 0.1) is 5.54 Å². The number of hydrogen-bond acceptors (Lipinski definition) is 3. The van der Waals surface area contributed by atoms with Gasteiger partial charge in [0.2, 0.25) is 5.91 Å². The van der Waals surface area contributed by atoms with Gasteiger partial charge in [0.1, 0.15) is 0 Å². The number of urea groups is 1. The number of anilines is 2. The van der Waals surface area contributed by atoms with Crippen LogP contribution in [0.15, 0.2) is 48.5 Å². The van der Waals surface area contributed by atoms with Gasteiger partial charge in [-0.1, -0.05) is 50.6 Å². The van der Waals surface area contributed by atoms with Gasteiger partial charge in [-0.3, -0.25) is 4.79 Å². The van der Waals surface area contributed by atoms with Crippen molar-refractivity contribution < 1.29 is 9.59 Å². The Balaban J connectivity index is 1.54. The average Bonchev–Trinajstić information content (AvgIpc) is 2.70. The Hall–Kier alpha value is -2.86. The zero-order valence-corrected chi connectivity index (χ0v) is 18.3. The molecular formula is C24H32N4O2. The number of hydrogen-bond donors (Lipinski definition) is 3. The first-order valence-corrected chi connectivity index (χ1v) is 10.4. The normalized spacial score (nSPS) is 16.1. The Morgan fingerprint density at radius 1 is 0.900 bits per heavy atom. The third-order valence-corrected chi connectivity index (χ3v) is 5.71. The molecule has 160 valence electrons. The zero-order chi connectivity index (χ0) is 21.9. The van der Waals surface area contributed by atoms with E-state index in [1.54, 1.807) is 4.90 Å². The smallest absolute Gasteiger partial charge is 0.321 e. The van der Waals surface area contributed by atoms with Gasteiger partial charge in [0.15, 0.2) is 0 Å². The summed E-state index contributed by atoms with van der Waals surface area (Å²) >= 11 is 0. The molecule has 0 bridgehead atoms. The van der Waals surface area contributed by atoms with Gasteiger partial charge in [0, 0.05) is 24.5 Å². The van der Waals surface area contributed by atoms with E-state index >= 15 is 0 Å². The number of nitrogens with one attached hydrogen (secondary N) is 2. The largest absolute Gasteiger partial charge is 0.324 e. The van der Waals surface area contributed by atoms with Crippen LogP contribution >= 0.6 is 0 Å². The van der Waals surface area contributed by atoms with Crippen molar-refractivity contribution in [1.82, 2.24) is 4.90 Å². The molecule has 3 rings (SSSR count). The second-order valence-electron chi connectivity index (χ2n) is 9.22. The van der Waals surface area contributed by atoms with Crippen molar-refractivity contribution in [3.63, 3.8) is 0 Å². The first-order valence-electron chi connectivity index (χ1n) is 10.4. The molecule has 0 radical (unpaired) electrons. The molecule has 6 nitrogen and oxygen atoms in total. The summed E-state index contributed by atoms with van der Waals surface area (Å²) in [5.74, 6) is -0.204. The van der Waals surface area contributed by atoms with Crippen molar-refractivity contribution in [3.05, 3.63) is 59.7 Å². The molecule has 30 heavy (non-hydrogen) atoms. The van der Waals surface area contributed by atoms with Crippen LogP contribution in [-0.4, -0.2) is 35.5 Å². The number of aryl methyl sites for hydroxylation is 1. The minimum Gasteiger partial charge on any atom is -0.324 e. The van der Waals surface area contributed by atoms with E-state index in [9.17, 15) is 9.59 Å². The lowest BCUT2D eigenvalue weighted by molar-refractivity contribution is -0.122. The summed E-state index contributed by atoms with van der Waals surface area (Å²) in [4.78, 5) is 27.0. The molecule has 3 amide bonds. The minimum absolute atomic E-state index is 0.0685. The zero-order valence-electron chi connectivity index (χ0n) is 18.3. The highest BCUT2D eigenvalue weighted by atomic mass is 16.2. The molecule has 1 fully saturated rings. The molecule has 0 spiro atoms. The first-order chi connectivity index (χ1) is 14.1. The molecule has 2 aromatic carbocycles. The van der Waals surface area contributed by atoms with E-state index < -0.39 is 5.54 Å². The summed E-state index contributed by atoms with van der Waals surface area (Å²) in [7, 11) is 0. The van der Waals surface area contributed by atoms with Crippen molar-refractivity contribution >= 4 is 23.3 Å². The predicted molar refractivity (Wildman–Crippen MR) is 122 cm³/mol. The molecule has 0 atom stereocenters. The van der Waals surface area contributed by atoms with Crippen molar-refractivity contribution in [1.29, 1.82) is 0 Å². The number of benzene rings is 2. The highest BCUT2D eigenvalue weighted by Gasteiger charge is 2.38. The predicted octanol–water partition coefficient (Wildman–Crippen LogP) is 4.26. The maximum atomic E-state index is 12.7. The van der Waals surface area contributed by atoms with Gasteiger partial charge in [0.25, 0.3) is 0 Å². The maximum Gasteiger partial charge on any atom is 0.321 e. The van der Waals surface area contributed by atoms with Crippen molar-refractivity contribution in [2.45, 2.75) is 51.5 Å². The summed E-state index contributed by atoms with van der Waals surface area (Å²) < 4.78 is 0. The summed E-state index contributed by atoms with van der Waals surface area (Å²) in [6, 6.07) is 15.4. The maximum absolute atomic E-state index is 12.7. The van der Waals surface area contributed by atoms with E-state index in [0.29, 0.717) is 25.9 Å². The third kappa shape index (κ3) is 5.19. The fourth-order valence-corrected chi connectivity index (χ4v) is 3.48. The number of amides is 3. The van der Waals surface area contributed by atoms with Crippen LogP contribution in [0.4, 0.5) is 16.2 Å². The fraction of sp³-hybridized carbons (Fsp3) is 0.417. The monoisotopic (exact) mass is 408 g/mol. The van der Waals surface area contributed by atoms with E-state index in [1.165, 1.54) is 5.56 Å². The molecule has 0 saturated carbocycles. The summed E-state index contributed by atoms with van der Waals surface area (Å²) in [5.41, 5.74) is 9.31. The molecule has 0 unspecified atom stereocenters. The Morgan fingerprint density at radius 3 is 1.93 bits per heavy atom. The molecule has 1 aliphatic rings. The number of carbonyl (C=O) groups excluding carboxylic acids is 2. The summed E-state index contributed by atoms with van der Waals surface area (Å²) in [6.45, 7) is 9.33. The second kappa shape index (κ2) is 8.48. The molecule has 1 saturated heterocycles. The SMILES string of the molecule is Cc1ccc(NC(=O)C2(N)CCN(C(=O)Nc3ccc(C(C)(C)C)cc3)CC2)cc1. The van der Waals surface area contributed by atoms with Crippen LogP contribution in [0.2, 0.25) is 0 Å². The van der Waals surface area contributed by atoms with Crippen molar-refractivity contribution in [3.8, 4) is 0 Å². The van der Waals surface area contributed by atoms with Crippen LogP contribution in [0.3, 0.4) is 0 Å². The molecule has 6 heteroatoms. The summed E-state index contributed by atoms with van der Waals surface area (Å²) in [5, 5.41) is 5.84. The Bertz CT molecular complexity index is 890. The molecule has 2 aromatic rings. The molecule has 1 heterocycles. The number of likely N-dealkylation sites (tertiary alicyclic amines) is 1. The molecule has 4 N–H and O–H groups in total. The lowest BCUT2D eigenvalue weighted by Crippen LogP contribution is -2.58. The topological polar surface area (TPSA) is 87.5 Å². The lowest BCUT2D eigenvalue weighted by atomic mass is 9.87. The molecule has 1 aliphatic heterocycles. The van der Waals surface area contributed by atoms with E-state index in [-0.39, 0.29) is 17.4 Å². The van der Waals surface area contributed by atoms with Crippen molar-refractivity contribution in [2.24, 2.45) is 5.73 Å². The van der Waals surface area contributed by atoms with Gasteiger partial charge in [-0.25, -0.2) is 4.79 Å². The highest BCUT2D eigenvalue weighted by molar-refractivity contribution is 5.98. The highest BCUT2D eigenvalue weighted by Crippen LogP contribution is 2.25. The van der Waals surface area contributed by atoms with E-state index in [1.807, 2.05) is 55.5 Å². The van der Waals surface area contributed by atoms with Crippen molar-refractivity contribution in [2.75, 3.05) is 23.7 Å². The lowest BCUT2D eigenvalue weighted by Gasteiger charge is -2.37. The van der Waals surface area contributed by atoms with Gasteiger partial charge >= 0.3 is 6.03 Å². The van der Waals surface area contributed by atoms with Crippen LogP contribution in [-0.2, 0) is 10.2 Å². The molecular weight excluding hydrogens is 376 g/mol. The van der Waals surface area contributed by atoms with Gasteiger partial charge in [-0.05, 0) is 55.0 Å². The quantitative estimate of drug-likeness (QED) is 0.709. The fourth-order valence-electron chi connectivity index (χ4n) is 3.48. The van der Waals surface area contributed by atoms with Crippen LogP contribution < -0.4 is 16.4 Å². The Labute approximate surface area is 178 Å². The van der Waals surface area contributed by atoms with Crippen LogP contribution in [0.5, 0.6) is 0 Å². The van der Waals surface area contributed by atoms with Gasteiger partial charge in [-0.15, -0.1) is 0 Å². The molecule has 0 aromatic heterocycles. The molecule has 0 aliphatic carbocycles. The standard InChI is InChI=1S/C24H32N4O2/c1-17-5-9-19(10-6-17)26-21(29)24(25)13-15-28(16-14-24)22(30)27-20-11-7-18(8-12-20)23(2,3)4/h5-12H,13-16,25H2,1-4H3,(H,26,29)(H,27,30).